The fourth-order valence-corrected chi connectivity index (χ4v) is 2.11. The monoisotopic (exact) mass is 253 g/mol. The number of furan rings is 1. The maximum Gasteiger partial charge on any atom is 0.373 e. The molecule has 1 heterocycles. The van der Waals surface area contributed by atoms with Gasteiger partial charge in [0.25, 0.3) is 0 Å². The van der Waals surface area contributed by atoms with Crippen molar-refractivity contribution < 1.29 is 13.9 Å². The number of rotatable bonds is 7. The second-order valence-electron chi connectivity index (χ2n) is 4.50. The van der Waals surface area contributed by atoms with E-state index < -0.39 is 5.97 Å². The van der Waals surface area contributed by atoms with E-state index >= 15 is 0 Å². The maximum absolute atomic E-state index is 11.2. The van der Waals surface area contributed by atoms with E-state index in [9.17, 15) is 4.79 Å². The molecule has 4 heteroatoms. The molecule has 0 fully saturated rings. The highest BCUT2D eigenvalue weighted by molar-refractivity contribution is 5.86. The zero-order chi connectivity index (χ0) is 13.5. The first-order valence-electron chi connectivity index (χ1n) is 6.52. The van der Waals surface area contributed by atoms with Crippen molar-refractivity contribution in [1.29, 1.82) is 0 Å². The van der Waals surface area contributed by atoms with Gasteiger partial charge in [-0.3, -0.25) is 0 Å². The summed E-state index contributed by atoms with van der Waals surface area (Å²) in [6, 6.07) is 3.88. The Bertz CT molecular complexity index is 369. The van der Waals surface area contributed by atoms with Crippen molar-refractivity contribution >= 4 is 5.97 Å². The molecule has 0 radical (unpaired) electrons. The molecule has 0 amide bonds. The number of ether oxygens (including phenoxy) is 1. The maximum atomic E-state index is 11.2. The lowest BCUT2D eigenvalue weighted by Gasteiger charge is -2.21. The Hall–Kier alpha value is -1.29. The normalized spacial score (nSPS) is 12.7. The summed E-state index contributed by atoms with van der Waals surface area (Å²) in [4.78, 5) is 11.2. The van der Waals surface area contributed by atoms with Crippen LogP contribution >= 0.6 is 0 Å². The smallest absolute Gasteiger partial charge is 0.373 e. The molecule has 0 saturated carbocycles. The van der Waals surface area contributed by atoms with Gasteiger partial charge in [-0.2, -0.15) is 0 Å². The van der Waals surface area contributed by atoms with Gasteiger partial charge in [-0.05, 0) is 25.0 Å². The van der Waals surface area contributed by atoms with Crippen molar-refractivity contribution in [2.24, 2.45) is 5.92 Å². The van der Waals surface area contributed by atoms with Crippen LogP contribution in [0.4, 0.5) is 0 Å². The van der Waals surface area contributed by atoms with Gasteiger partial charge in [-0.1, -0.05) is 26.7 Å². The topological polar surface area (TPSA) is 51.5 Å². The van der Waals surface area contributed by atoms with Gasteiger partial charge in [-0.15, -0.1) is 0 Å². The quantitative estimate of drug-likeness (QED) is 0.759. The Morgan fingerprint density at radius 1 is 1.39 bits per heavy atom. The molecule has 1 atom stereocenters. The number of nitrogens with one attached hydrogen (secondary N) is 1. The van der Waals surface area contributed by atoms with Gasteiger partial charge in [0.2, 0.25) is 5.76 Å². The number of hydrogen-bond donors (Lipinski definition) is 1. The van der Waals surface area contributed by atoms with Gasteiger partial charge in [0, 0.05) is 6.04 Å². The third-order valence-corrected chi connectivity index (χ3v) is 3.40. The van der Waals surface area contributed by atoms with Gasteiger partial charge < -0.3 is 14.5 Å². The summed E-state index contributed by atoms with van der Waals surface area (Å²) in [5.41, 5.74) is 0. The molecule has 0 aliphatic rings. The average Bonchev–Trinajstić information content (AvgIpc) is 2.85. The van der Waals surface area contributed by atoms with Gasteiger partial charge >= 0.3 is 5.97 Å². The van der Waals surface area contributed by atoms with Crippen LogP contribution in [0.2, 0.25) is 0 Å². The highest BCUT2D eigenvalue weighted by Crippen LogP contribution is 2.14. The summed E-state index contributed by atoms with van der Waals surface area (Å²) in [5, 5.41) is 3.43. The summed E-state index contributed by atoms with van der Waals surface area (Å²) >= 11 is 0. The Morgan fingerprint density at radius 3 is 2.61 bits per heavy atom. The molecule has 1 aromatic heterocycles. The molecular formula is C14H23NO3. The van der Waals surface area contributed by atoms with Crippen LogP contribution in [-0.4, -0.2) is 19.1 Å². The minimum Gasteiger partial charge on any atom is -0.463 e. The second-order valence-corrected chi connectivity index (χ2v) is 4.50. The second kappa shape index (κ2) is 7.21. The minimum absolute atomic E-state index is 0.254. The molecule has 18 heavy (non-hydrogen) atoms. The first kappa shape index (κ1) is 14.8. The van der Waals surface area contributed by atoms with E-state index in [1.165, 1.54) is 7.11 Å². The zero-order valence-corrected chi connectivity index (χ0v) is 11.7. The highest BCUT2D eigenvalue weighted by Gasteiger charge is 2.15. The first-order chi connectivity index (χ1) is 8.62. The van der Waals surface area contributed by atoms with Crippen LogP contribution in [0.5, 0.6) is 0 Å². The largest absolute Gasteiger partial charge is 0.463 e. The van der Waals surface area contributed by atoms with Crippen LogP contribution in [0, 0.1) is 5.92 Å². The van der Waals surface area contributed by atoms with Gasteiger partial charge in [0.1, 0.15) is 5.76 Å². The standard InChI is InChI=1S/C14H23NO3/c1-5-11(6-2)10(3)15-9-12-7-8-13(18-12)14(16)17-4/h7-8,10-11,15H,5-6,9H2,1-4H3. The van der Waals surface area contributed by atoms with E-state index in [-0.39, 0.29) is 5.76 Å². The molecule has 0 aliphatic carbocycles. The lowest BCUT2D eigenvalue weighted by atomic mass is 9.95. The molecule has 0 saturated heterocycles. The molecular weight excluding hydrogens is 230 g/mol. The van der Waals surface area contributed by atoms with E-state index in [0.717, 1.165) is 18.6 Å². The van der Waals surface area contributed by atoms with E-state index in [4.69, 9.17) is 4.42 Å². The third kappa shape index (κ3) is 3.88. The molecule has 1 unspecified atom stereocenters. The average molecular weight is 253 g/mol. The Kier molecular flexibility index (Phi) is 5.92. The van der Waals surface area contributed by atoms with Crippen LogP contribution < -0.4 is 5.32 Å². The van der Waals surface area contributed by atoms with Crippen molar-refractivity contribution in [3.63, 3.8) is 0 Å². The number of methoxy groups -OCH3 is 1. The summed E-state index contributed by atoms with van der Waals surface area (Å²) < 4.78 is 9.99. The summed E-state index contributed by atoms with van der Waals surface area (Å²) in [6.07, 6.45) is 2.33. The number of carbonyl (C=O) groups excluding carboxylic acids is 1. The number of esters is 1. The van der Waals surface area contributed by atoms with Crippen molar-refractivity contribution in [1.82, 2.24) is 5.32 Å². The van der Waals surface area contributed by atoms with Crippen LogP contribution in [0.1, 0.15) is 49.9 Å². The van der Waals surface area contributed by atoms with Crippen LogP contribution in [0.3, 0.4) is 0 Å². The third-order valence-electron chi connectivity index (χ3n) is 3.40. The first-order valence-corrected chi connectivity index (χ1v) is 6.52. The van der Waals surface area contributed by atoms with Crippen LogP contribution in [0.25, 0.3) is 0 Å². The van der Waals surface area contributed by atoms with E-state index in [1.54, 1.807) is 12.1 Å². The highest BCUT2D eigenvalue weighted by atomic mass is 16.5. The fraction of sp³-hybridized carbons (Fsp3) is 0.643. The van der Waals surface area contributed by atoms with Crippen molar-refractivity contribution in [3.8, 4) is 0 Å². The molecule has 1 rings (SSSR count). The van der Waals surface area contributed by atoms with Crippen molar-refractivity contribution in [3.05, 3.63) is 23.7 Å². The summed E-state index contributed by atoms with van der Waals surface area (Å²) in [7, 11) is 1.35. The predicted octanol–water partition coefficient (Wildman–Crippen LogP) is 2.98. The lowest BCUT2D eigenvalue weighted by molar-refractivity contribution is 0.0562. The Balaban J connectivity index is 2.48. The van der Waals surface area contributed by atoms with Gasteiger partial charge in [0.05, 0.1) is 13.7 Å². The molecule has 102 valence electrons. The molecule has 0 aromatic carbocycles. The zero-order valence-electron chi connectivity index (χ0n) is 11.7. The van der Waals surface area contributed by atoms with Gasteiger partial charge in [-0.25, -0.2) is 4.79 Å². The van der Waals surface area contributed by atoms with Crippen molar-refractivity contribution in [2.75, 3.05) is 7.11 Å². The predicted molar refractivity (Wildman–Crippen MR) is 70.4 cm³/mol. The summed E-state index contributed by atoms with van der Waals surface area (Å²) in [5.74, 6) is 1.24. The lowest BCUT2D eigenvalue weighted by Crippen LogP contribution is -2.32. The van der Waals surface area contributed by atoms with E-state index in [1.807, 2.05) is 0 Å². The van der Waals surface area contributed by atoms with Crippen LogP contribution in [0.15, 0.2) is 16.5 Å². The molecule has 0 spiro atoms. The molecule has 4 nitrogen and oxygen atoms in total. The molecule has 1 aromatic rings. The molecule has 0 aliphatic heterocycles. The van der Waals surface area contributed by atoms with Crippen molar-refractivity contribution in [2.45, 2.75) is 46.2 Å². The Labute approximate surface area is 109 Å². The van der Waals surface area contributed by atoms with Crippen LogP contribution in [-0.2, 0) is 11.3 Å². The Morgan fingerprint density at radius 2 is 2.06 bits per heavy atom. The molecule has 0 bridgehead atoms. The SMILES string of the molecule is CCC(CC)C(C)NCc1ccc(C(=O)OC)o1. The van der Waals surface area contributed by atoms with Gasteiger partial charge in [0.15, 0.2) is 0 Å². The fourth-order valence-electron chi connectivity index (χ4n) is 2.11. The summed E-state index contributed by atoms with van der Waals surface area (Å²) in [6.45, 7) is 7.22. The van der Waals surface area contributed by atoms with E-state index in [2.05, 4.69) is 30.8 Å². The molecule has 1 N–H and O–H groups in total. The van der Waals surface area contributed by atoms with E-state index in [0.29, 0.717) is 18.5 Å². The minimum atomic E-state index is -0.436. The number of carbonyl (C=O) groups is 1. The number of hydrogen-bond acceptors (Lipinski definition) is 4.